The molecule has 0 aliphatic carbocycles. The molecule has 0 amide bonds. The molecule has 2 aromatic rings. The fourth-order valence-electron chi connectivity index (χ4n) is 1.37. The first-order chi connectivity index (χ1) is 8.67. The van der Waals surface area contributed by atoms with Crippen molar-refractivity contribution in [3.63, 3.8) is 0 Å². The van der Waals surface area contributed by atoms with Gasteiger partial charge in [0.1, 0.15) is 5.75 Å². The smallest absolute Gasteiger partial charge is 0.229 e. The molecule has 1 aromatic carbocycles. The Morgan fingerprint density at radius 2 is 1.94 bits per heavy atom. The Hall–Kier alpha value is -2.08. The van der Waals surface area contributed by atoms with Gasteiger partial charge in [-0.3, -0.25) is 0 Å². The molecule has 0 aliphatic heterocycles. The number of nitrogens with zero attached hydrogens (tertiary/aromatic N) is 3. The molecular formula is C11H12ClN5O. The molecule has 3 N–H and O–H groups in total. The van der Waals surface area contributed by atoms with E-state index in [0.717, 1.165) is 11.3 Å². The van der Waals surface area contributed by atoms with Gasteiger partial charge in [0.05, 0.1) is 7.11 Å². The zero-order chi connectivity index (χ0) is 13.0. The minimum atomic E-state index is 0.0692. The fraction of sp³-hybridized carbons (Fsp3) is 0.182. The maximum atomic E-state index is 5.67. The summed E-state index contributed by atoms with van der Waals surface area (Å²) in [5.41, 5.74) is 6.52. The molecule has 0 atom stereocenters. The quantitative estimate of drug-likeness (QED) is 0.876. The number of nitrogen functional groups attached to an aromatic ring is 1. The first kappa shape index (κ1) is 12.4. The normalized spacial score (nSPS) is 10.1. The molecule has 18 heavy (non-hydrogen) atoms. The van der Waals surface area contributed by atoms with E-state index in [4.69, 9.17) is 22.1 Å². The summed E-state index contributed by atoms with van der Waals surface area (Å²) >= 11 is 5.67. The Morgan fingerprint density at radius 1 is 1.22 bits per heavy atom. The number of nitrogens with one attached hydrogen (secondary N) is 1. The van der Waals surface area contributed by atoms with Crippen molar-refractivity contribution in [3.8, 4) is 5.75 Å². The van der Waals surface area contributed by atoms with E-state index < -0.39 is 0 Å². The lowest BCUT2D eigenvalue weighted by atomic mass is 10.2. The van der Waals surface area contributed by atoms with Crippen LogP contribution in [0.15, 0.2) is 24.3 Å². The molecule has 0 aliphatic rings. The van der Waals surface area contributed by atoms with Crippen molar-refractivity contribution in [2.75, 3.05) is 18.2 Å². The molecular weight excluding hydrogens is 254 g/mol. The highest BCUT2D eigenvalue weighted by Gasteiger charge is 2.02. The Kier molecular flexibility index (Phi) is 3.78. The predicted molar refractivity (Wildman–Crippen MR) is 69.6 cm³/mol. The highest BCUT2D eigenvalue weighted by Crippen LogP contribution is 2.13. The third-order valence-electron chi connectivity index (χ3n) is 2.24. The van der Waals surface area contributed by atoms with Crippen LogP contribution in [0.4, 0.5) is 11.9 Å². The maximum Gasteiger partial charge on any atom is 0.229 e. The van der Waals surface area contributed by atoms with Gasteiger partial charge in [0.15, 0.2) is 0 Å². The number of halogens is 1. The third kappa shape index (κ3) is 3.21. The fourth-order valence-corrected chi connectivity index (χ4v) is 1.54. The van der Waals surface area contributed by atoms with Gasteiger partial charge in [0.2, 0.25) is 17.2 Å². The largest absolute Gasteiger partial charge is 0.497 e. The van der Waals surface area contributed by atoms with Gasteiger partial charge in [-0.15, -0.1) is 0 Å². The van der Waals surface area contributed by atoms with Crippen LogP contribution in [0.1, 0.15) is 5.56 Å². The summed E-state index contributed by atoms with van der Waals surface area (Å²) in [5, 5.41) is 3.08. The number of benzene rings is 1. The van der Waals surface area contributed by atoms with Gasteiger partial charge in [0, 0.05) is 6.54 Å². The molecule has 0 spiro atoms. The van der Waals surface area contributed by atoms with Crippen LogP contribution in [0.25, 0.3) is 0 Å². The first-order valence-corrected chi connectivity index (χ1v) is 5.59. The zero-order valence-electron chi connectivity index (χ0n) is 9.72. The van der Waals surface area contributed by atoms with Gasteiger partial charge in [-0.05, 0) is 29.3 Å². The standard InChI is InChI=1S/C11H12ClN5O/c1-18-8-4-2-7(3-5-8)6-14-11-16-9(12)15-10(13)17-11/h2-5H,6H2,1H3,(H3,13,14,15,16,17). The van der Waals surface area contributed by atoms with Crippen molar-refractivity contribution < 1.29 is 4.74 Å². The van der Waals surface area contributed by atoms with Crippen LogP contribution in [0.3, 0.4) is 0 Å². The summed E-state index contributed by atoms with van der Waals surface area (Å²) in [4.78, 5) is 11.5. The number of methoxy groups -OCH3 is 1. The molecule has 0 unspecified atom stereocenters. The number of hydrogen-bond donors (Lipinski definition) is 2. The summed E-state index contributed by atoms with van der Waals surface area (Å²) in [6.07, 6.45) is 0. The Balaban J connectivity index is 2.01. The van der Waals surface area contributed by atoms with Gasteiger partial charge in [-0.2, -0.15) is 15.0 Å². The van der Waals surface area contributed by atoms with Crippen molar-refractivity contribution in [1.29, 1.82) is 0 Å². The second-order valence-electron chi connectivity index (χ2n) is 3.49. The molecule has 2 rings (SSSR count). The van der Waals surface area contributed by atoms with E-state index in [0.29, 0.717) is 12.5 Å². The van der Waals surface area contributed by atoms with Crippen LogP contribution in [0, 0.1) is 0 Å². The maximum absolute atomic E-state index is 5.67. The van der Waals surface area contributed by atoms with E-state index in [1.807, 2.05) is 24.3 Å². The number of rotatable bonds is 4. The molecule has 0 bridgehead atoms. The van der Waals surface area contributed by atoms with Crippen molar-refractivity contribution in [2.24, 2.45) is 0 Å². The molecule has 7 heteroatoms. The van der Waals surface area contributed by atoms with E-state index in [2.05, 4.69) is 20.3 Å². The minimum absolute atomic E-state index is 0.0692. The molecule has 0 radical (unpaired) electrons. The number of aromatic nitrogens is 3. The van der Waals surface area contributed by atoms with E-state index >= 15 is 0 Å². The third-order valence-corrected chi connectivity index (χ3v) is 2.40. The summed E-state index contributed by atoms with van der Waals surface area (Å²) < 4.78 is 5.08. The van der Waals surface area contributed by atoms with Crippen molar-refractivity contribution in [3.05, 3.63) is 35.1 Å². The highest BCUT2D eigenvalue weighted by atomic mass is 35.5. The summed E-state index contributed by atoms with van der Waals surface area (Å²) in [5.74, 6) is 1.25. The second-order valence-corrected chi connectivity index (χ2v) is 3.83. The summed E-state index contributed by atoms with van der Waals surface area (Å²) in [6, 6.07) is 7.65. The molecule has 6 nitrogen and oxygen atoms in total. The Bertz CT molecular complexity index is 511. The average molecular weight is 266 g/mol. The first-order valence-electron chi connectivity index (χ1n) is 5.21. The molecule has 0 saturated heterocycles. The zero-order valence-corrected chi connectivity index (χ0v) is 10.5. The molecule has 0 saturated carbocycles. The predicted octanol–water partition coefficient (Wildman–Crippen LogP) is 1.73. The Labute approximate surface area is 109 Å². The lowest BCUT2D eigenvalue weighted by Gasteiger charge is -2.06. The number of hydrogen-bond acceptors (Lipinski definition) is 6. The van der Waals surface area contributed by atoms with E-state index in [1.165, 1.54) is 0 Å². The Morgan fingerprint density at radius 3 is 2.56 bits per heavy atom. The summed E-state index contributed by atoms with van der Waals surface area (Å²) in [7, 11) is 1.63. The van der Waals surface area contributed by atoms with Gasteiger partial charge in [0.25, 0.3) is 0 Å². The van der Waals surface area contributed by atoms with Crippen LogP contribution in [0.5, 0.6) is 5.75 Å². The number of nitrogens with two attached hydrogens (primary N) is 1. The van der Waals surface area contributed by atoms with Crippen LogP contribution < -0.4 is 15.8 Å². The van der Waals surface area contributed by atoms with Gasteiger partial charge >= 0.3 is 0 Å². The molecule has 1 aromatic heterocycles. The van der Waals surface area contributed by atoms with Crippen LogP contribution in [-0.2, 0) is 6.54 Å². The number of ether oxygens (including phenoxy) is 1. The number of anilines is 2. The van der Waals surface area contributed by atoms with Crippen LogP contribution in [0.2, 0.25) is 5.28 Å². The molecule has 94 valence electrons. The van der Waals surface area contributed by atoms with Gasteiger partial charge in [-0.1, -0.05) is 12.1 Å². The topological polar surface area (TPSA) is 86.0 Å². The minimum Gasteiger partial charge on any atom is -0.497 e. The lowest BCUT2D eigenvalue weighted by molar-refractivity contribution is 0.414. The van der Waals surface area contributed by atoms with Crippen molar-refractivity contribution in [1.82, 2.24) is 15.0 Å². The SMILES string of the molecule is COc1ccc(CNc2nc(N)nc(Cl)n2)cc1. The van der Waals surface area contributed by atoms with Crippen molar-refractivity contribution in [2.45, 2.75) is 6.54 Å². The molecule has 0 fully saturated rings. The highest BCUT2D eigenvalue weighted by molar-refractivity contribution is 6.28. The van der Waals surface area contributed by atoms with Gasteiger partial charge in [-0.25, -0.2) is 0 Å². The average Bonchev–Trinajstić information content (AvgIpc) is 2.36. The van der Waals surface area contributed by atoms with E-state index in [-0.39, 0.29) is 11.2 Å². The molecule has 1 heterocycles. The van der Waals surface area contributed by atoms with Crippen molar-refractivity contribution >= 4 is 23.5 Å². The van der Waals surface area contributed by atoms with Crippen LogP contribution in [-0.4, -0.2) is 22.1 Å². The van der Waals surface area contributed by atoms with E-state index in [1.54, 1.807) is 7.11 Å². The summed E-state index contributed by atoms with van der Waals surface area (Å²) in [6.45, 7) is 0.559. The van der Waals surface area contributed by atoms with Gasteiger partial charge < -0.3 is 15.8 Å². The van der Waals surface area contributed by atoms with E-state index in [9.17, 15) is 0 Å². The lowest BCUT2D eigenvalue weighted by Crippen LogP contribution is -2.07. The monoisotopic (exact) mass is 265 g/mol. The van der Waals surface area contributed by atoms with Crippen LogP contribution >= 0.6 is 11.6 Å². The second kappa shape index (κ2) is 5.50.